The number of amides is 1. The minimum Gasteiger partial charge on any atom is -0.465 e. The predicted molar refractivity (Wildman–Crippen MR) is 121 cm³/mol. The maximum absolute atomic E-state index is 12.4. The molecule has 0 bridgehead atoms. The average molecular weight is 452 g/mol. The quantitative estimate of drug-likeness (QED) is 0.325. The van der Waals surface area contributed by atoms with Crippen molar-refractivity contribution in [2.45, 2.75) is 11.8 Å². The van der Waals surface area contributed by atoms with Gasteiger partial charge in [-0.15, -0.1) is 0 Å². The van der Waals surface area contributed by atoms with Crippen LogP contribution in [0.1, 0.15) is 31.8 Å². The third-order valence-electron chi connectivity index (χ3n) is 4.44. The number of sulfonamides is 1. The van der Waals surface area contributed by atoms with E-state index in [4.69, 9.17) is 0 Å². The van der Waals surface area contributed by atoms with Crippen LogP contribution in [0.3, 0.4) is 0 Å². The summed E-state index contributed by atoms with van der Waals surface area (Å²) in [4.78, 5) is 23.8. The van der Waals surface area contributed by atoms with E-state index in [1.54, 1.807) is 36.4 Å². The lowest BCUT2D eigenvalue weighted by Gasteiger charge is -2.09. The molecule has 3 aromatic carbocycles. The monoisotopic (exact) mass is 451 g/mol. The summed E-state index contributed by atoms with van der Waals surface area (Å²) in [5, 5.41) is 3.89. The fourth-order valence-corrected chi connectivity index (χ4v) is 3.73. The van der Waals surface area contributed by atoms with E-state index in [1.807, 2.05) is 6.92 Å². The van der Waals surface area contributed by atoms with Gasteiger partial charge < -0.3 is 4.74 Å². The summed E-state index contributed by atoms with van der Waals surface area (Å²) in [6.07, 6.45) is 1.43. The summed E-state index contributed by atoms with van der Waals surface area (Å²) in [5.41, 5.74) is 5.08. The number of methoxy groups -OCH3 is 1. The molecule has 0 unspecified atom stereocenters. The van der Waals surface area contributed by atoms with E-state index in [9.17, 15) is 18.0 Å². The first-order valence-electron chi connectivity index (χ1n) is 9.50. The van der Waals surface area contributed by atoms with Crippen LogP contribution >= 0.6 is 0 Å². The zero-order chi connectivity index (χ0) is 23.1. The average Bonchev–Trinajstić information content (AvgIpc) is 2.79. The number of carbonyl (C=O) groups excluding carboxylic acids is 2. The number of hydrogen-bond acceptors (Lipinski definition) is 6. The van der Waals surface area contributed by atoms with Crippen LogP contribution in [0.4, 0.5) is 5.69 Å². The lowest BCUT2D eigenvalue weighted by atomic mass is 10.1. The topological polar surface area (TPSA) is 114 Å². The fraction of sp³-hybridized carbons (Fsp3) is 0.0870. The molecule has 0 aliphatic carbocycles. The minimum absolute atomic E-state index is 0.152. The van der Waals surface area contributed by atoms with Crippen molar-refractivity contribution in [1.82, 2.24) is 5.43 Å². The van der Waals surface area contributed by atoms with Gasteiger partial charge in [-0.3, -0.25) is 9.52 Å². The molecule has 9 heteroatoms. The number of ether oxygens (including phenoxy) is 1. The Bertz CT molecular complexity index is 1230. The zero-order valence-corrected chi connectivity index (χ0v) is 18.2. The van der Waals surface area contributed by atoms with Crippen LogP contribution in [0.5, 0.6) is 0 Å². The Morgan fingerprint density at radius 3 is 2.06 bits per heavy atom. The Balaban J connectivity index is 1.59. The molecule has 0 radical (unpaired) electrons. The summed E-state index contributed by atoms with van der Waals surface area (Å²) in [5.74, 6) is -0.897. The van der Waals surface area contributed by atoms with E-state index in [0.29, 0.717) is 22.4 Å². The van der Waals surface area contributed by atoms with Gasteiger partial charge in [0.2, 0.25) is 0 Å². The highest BCUT2D eigenvalue weighted by Crippen LogP contribution is 2.17. The van der Waals surface area contributed by atoms with Gasteiger partial charge in [-0.2, -0.15) is 5.10 Å². The molecule has 0 aromatic heterocycles. The molecule has 0 heterocycles. The second-order valence-electron chi connectivity index (χ2n) is 6.81. The molecule has 0 saturated heterocycles. The van der Waals surface area contributed by atoms with Crippen molar-refractivity contribution in [3.8, 4) is 0 Å². The molecule has 8 nitrogen and oxygen atoms in total. The summed E-state index contributed by atoms with van der Waals surface area (Å²) in [6, 6.07) is 19.0. The smallest absolute Gasteiger partial charge is 0.337 e. The molecule has 164 valence electrons. The molecule has 3 rings (SSSR count). The SMILES string of the molecule is COC(=O)c1ccc(C=NNC(=O)c2ccc(NS(=O)(=O)c3ccc(C)cc3)cc2)cc1. The Morgan fingerprint density at radius 1 is 0.875 bits per heavy atom. The lowest BCUT2D eigenvalue weighted by Crippen LogP contribution is -2.18. The molecule has 32 heavy (non-hydrogen) atoms. The first-order valence-corrected chi connectivity index (χ1v) is 11.0. The number of rotatable bonds is 7. The van der Waals surface area contributed by atoms with Gasteiger partial charge in [0.1, 0.15) is 0 Å². The number of hydrogen-bond donors (Lipinski definition) is 2. The maximum atomic E-state index is 12.4. The number of esters is 1. The van der Waals surface area contributed by atoms with Crippen molar-refractivity contribution < 1.29 is 22.7 Å². The van der Waals surface area contributed by atoms with Crippen LogP contribution in [0.2, 0.25) is 0 Å². The second-order valence-corrected chi connectivity index (χ2v) is 8.49. The van der Waals surface area contributed by atoms with Gasteiger partial charge in [-0.05, 0) is 61.0 Å². The summed E-state index contributed by atoms with van der Waals surface area (Å²) >= 11 is 0. The molecule has 2 N–H and O–H groups in total. The van der Waals surface area contributed by atoms with Gasteiger partial charge in [0.05, 0.1) is 23.8 Å². The first kappa shape index (κ1) is 22.7. The number of aryl methyl sites for hydroxylation is 1. The number of anilines is 1. The Kier molecular flexibility index (Phi) is 7.01. The van der Waals surface area contributed by atoms with E-state index < -0.39 is 21.9 Å². The second kappa shape index (κ2) is 9.88. The van der Waals surface area contributed by atoms with Gasteiger partial charge in [-0.1, -0.05) is 29.8 Å². The van der Waals surface area contributed by atoms with Crippen molar-refractivity contribution in [1.29, 1.82) is 0 Å². The van der Waals surface area contributed by atoms with E-state index in [2.05, 4.69) is 20.0 Å². The van der Waals surface area contributed by atoms with Crippen LogP contribution < -0.4 is 10.1 Å². The molecule has 0 saturated carbocycles. The van der Waals surface area contributed by atoms with Crippen molar-refractivity contribution in [3.05, 3.63) is 95.1 Å². The largest absolute Gasteiger partial charge is 0.465 e. The minimum atomic E-state index is -3.72. The number of carbonyl (C=O) groups is 2. The third kappa shape index (κ3) is 5.79. The molecule has 3 aromatic rings. The van der Waals surface area contributed by atoms with Gasteiger partial charge in [-0.25, -0.2) is 18.6 Å². The van der Waals surface area contributed by atoms with Crippen LogP contribution in [-0.2, 0) is 14.8 Å². The van der Waals surface area contributed by atoms with Gasteiger partial charge in [0.25, 0.3) is 15.9 Å². The maximum Gasteiger partial charge on any atom is 0.337 e. The first-order chi connectivity index (χ1) is 15.3. The summed E-state index contributed by atoms with van der Waals surface area (Å²) in [7, 11) is -2.42. The number of nitrogens with zero attached hydrogens (tertiary/aromatic N) is 1. The highest BCUT2D eigenvalue weighted by molar-refractivity contribution is 7.92. The van der Waals surface area contributed by atoms with Crippen molar-refractivity contribution in [3.63, 3.8) is 0 Å². The number of hydrazone groups is 1. The zero-order valence-electron chi connectivity index (χ0n) is 17.4. The number of benzene rings is 3. The lowest BCUT2D eigenvalue weighted by molar-refractivity contribution is 0.0600. The van der Waals surface area contributed by atoms with Crippen molar-refractivity contribution in [2.24, 2.45) is 5.10 Å². The summed E-state index contributed by atoms with van der Waals surface area (Å²) < 4.78 is 32.0. The molecule has 0 aliphatic heterocycles. The number of nitrogens with one attached hydrogen (secondary N) is 2. The normalized spacial score (nSPS) is 11.2. The van der Waals surface area contributed by atoms with E-state index in [0.717, 1.165) is 5.56 Å². The molecule has 1 amide bonds. The molecule has 0 aliphatic rings. The van der Waals surface area contributed by atoms with Crippen molar-refractivity contribution >= 4 is 33.8 Å². The summed E-state index contributed by atoms with van der Waals surface area (Å²) in [6.45, 7) is 1.87. The highest BCUT2D eigenvalue weighted by atomic mass is 32.2. The van der Waals surface area contributed by atoms with Gasteiger partial charge >= 0.3 is 5.97 Å². The van der Waals surface area contributed by atoms with Crippen LogP contribution in [0, 0.1) is 6.92 Å². The molecule has 0 atom stereocenters. The fourth-order valence-electron chi connectivity index (χ4n) is 2.67. The van der Waals surface area contributed by atoms with Crippen LogP contribution in [-0.4, -0.2) is 33.6 Å². The molecule has 0 spiro atoms. The van der Waals surface area contributed by atoms with Gasteiger partial charge in [0.15, 0.2) is 0 Å². The third-order valence-corrected chi connectivity index (χ3v) is 5.84. The van der Waals surface area contributed by atoms with Gasteiger partial charge in [0, 0.05) is 11.3 Å². The van der Waals surface area contributed by atoms with Crippen molar-refractivity contribution in [2.75, 3.05) is 11.8 Å². The Morgan fingerprint density at radius 2 is 1.47 bits per heavy atom. The van der Waals surface area contributed by atoms with E-state index in [1.165, 1.54) is 49.7 Å². The standard InChI is InChI=1S/C23H21N3O5S/c1-16-3-13-21(14-4-16)32(29,30)26-20-11-9-18(10-12-20)22(27)25-24-15-17-5-7-19(8-6-17)23(28)31-2/h3-15,26H,1-2H3,(H,25,27). The predicted octanol–water partition coefficient (Wildman–Crippen LogP) is 3.35. The molecule has 0 fully saturated rings. The van der Waals surface area contributed by atoms with Crippen LogP contribution in [0.25, 0.3) is 0 Å². The Labute approximate surface area is 186 Å². The van der Waals surface area contributed by atoms with Crippen LogP contribution in [0.15, 0.2) is 82.8 Å². The van der Waals surface area contributed by atoms with E-state index in [-0.39, 0.29) is 4.90 Å². The highest BCUT2D eigenvalue weighted by Gasteiger charge is 2.14. The van der Waals surface area contributed by atoms with E-state index >= 15 is 0 Å². The molecular formula is C23H21N3O5S. The molecular weight excluding hydrogens is 430 g/mol. The Hall–Kier alpha value is -3.98.